The minimum absolute atomic E-state index is 0.646. The lowest BCUT2D eigenvalue weighted by Crippen LogP contribution is -2.13. The maximum Gasteiger partial charge on any atom is 0.123 e. The molecule has 0 amide bonds. The predicted molar refractivity (Wildman–Crippen MR) is 86.2 cm³/mol. The zero-order valence-electron chi connectivity index (χ0n) is 12.4. The van der Waals surface area contributed by atoms with Crippen LogP contribution < -0.4 is 14.8 Å². The molecule has 4 heteroatoms. The molecular weight excluding hydrogens is 286 g/mol. The summed E-state index contributed by atoms with van der Waals surface area (Å²) in [4.78, 5) is 0. The maximum absolute atomic E-state index is 6.05. The first kappa shape index (κ1) is 15.7. The van der Waals surface area contributed by atoms with E-state index in [9.17, 15) is 0 Å². The molecule has 0 unspecified atom stereocenters. The molecule has 0 fully saturated rings. The summed E-state index contributed by atoms with van der Waals surface area (Å²) in [5.41, 5.74) is 2.27. The summed E-state index contributed by atoms with van der Waals surface area (Å²) in [7, 11) is 1.67. The first-order valence-electron chi connectivity index (χ1n) is 6.97. The van der Waals surface area contributed by atoms with Crippen LogP contribution in [0.1, 0.15) is 18.1 Å². The standard InChI is InChI=1S/C17H20ClNO2/c1-3-21-17-9-6-15(18)10-14(17)12-19-11-13-4-7-16(20-2)8-5-13/h4-10,19H,3,11-12H2,1-2H3. The second-order valence-electron chi connectivity index (χ2n) is 4.64. The maximum atomic E-state index is 6.05. The zero-order chi connectivity index (χ0) is 15.1. The van der Waals surface area contributed by atoms with E-state index in [1.165, 1.54) is 5.56 Å². The molecule has 0 spiro atoms. The number of nitrogens with one attached hydrogen (secondary N) is 1. The second kappa shape index (κ2) is 7.91. The second-order valence-corrected chi connectivity index (χ2v) is 5.07. The Morgan fingerprint density at radius 2 is 1.81 bits per heavy atom. The van der Waals surface area contributed by atoms with Crippen LogP contribution in [0.15, 0.2) is 42.5 Å². The molecule has 0 aliphatic carbocycles. The van der Waals surface area contributed by atoms with Gasteiger partial charge in [0.2, 0.25) is 0 Å². The van der Waals surface area contributed by atoms with Crippen LogP contribution in [-0.2, 0) is 13.1 Å². The number of hydrogen-bond donors (Lipinski definition) is 1. The quantitative estimate of drug-likeness (QED) is 0.837. The van der Waals surface area contributed by atoms with E-state index < -0.39 is 0 Å². The molecule has 0 heterocycles. The van der Waals surface area contributed by atoms with Crippen molar-refractivity contribution in [3.63, 3.8) is 0 Å². The molecule has 0 saturated heterocycles. The molecule has 0 aliphatic heterocycles. The van der Waals surface area contributed by atoms with Crippen molar-refractivity contribution in [2.24, 2.45) is 0 Å². The SMILES string of the molecule is CCOc1ccc(Cl)cc1CNCc1ccc(OC)cc1. The minimum Gasteiger partial charge on any atom is -0.497 e. The fourth-order valence-corrected chi connectivity index (χ4v) is 2.26. The summed E-state index contributed by atoms with van der Waals surface area (Å²) in [6.45, 7) is 4.11. The van der Waals surface area contributed by atoms with Crippen LogP contribution in [0.3, 0.4) is 0 Å². The van der Waals surface area contributed by atoms with Gasteiger partial charge in [-0.05, 0) is 42.8 Å². The van der Waals surface area contributed by atoms with E-state index in [-0.39, 0.29) is 0 Å². The highest BCUT2D eigenvalue weighted by Crippen LogP contribution is 2.23. The van der Waals surface area contributed by atoms with Gasteiger partial charge in [-0.2, -0.15) is 0 Å². The number of hydrogen-bond acceptors (Lipinski definition) is 3. The monoisotopic (exact) mass is 305 g/mol. The van der Waals surface area contributed by atoms with Crippen molar-refractivity contribution in [3.05, 3.63) is 58.6 Å². The summed E-state index contributed by atoms with van der Waals surface area (Å²) < 4.78 is 10.8. The van der Waals surface area contributed by atoms with Crippen molar-refractivity contribution >= 4 is 11.6 Å². The summed E-state index contributed by atoms with van der Waals surface area (Å²) >= 11 is 6.05. The Morgan fingerprint density at radius 3 is 2.48 bits per heavy atom. The largest absolute Gasteiger partial charge is 0.497 e. The first-order chi connectivity index (χ1) is 10.2. The lowest BCUT2D eigenvalue weighted by atomic mass is 10.2. The van der Waals surface area contributed by atoms with Gasteiger partial charge >= 0.3 is 0 Å². The van der Waals surface area contributed by atoms with Crippen LogP contribution in [0.25, 0.3) is 0 Å². The highest BCUT2D eigenvalue weighted by molar-refractivity contribution is 6.30. The van der Waals surface area contributed by atoms with Crippen molar-refractivity contribution in [1.82, 2.24) is 5.32 Å². The van der Waals surface area contributed by atoms with E-state index in [1.807, 2.05) is 49.4 Å². The van der Waals surface area contributed by atoms with E-state index in [0.717, 1.165) is 28.6 Å². The Balaban J connectivity index is 1.94. The van der Waals surface area contributed by atoms with Crippen LogP contribution in [0.5, 0.6) is 11.5 Å². The van der Waals surface area contributed by atoms with Gasteiger partial charge in [-0.1, -0.05) is 23.7 Å². The molecule has 0 radical (unpaired) electrons. The van der Waals surface area contributed by atoms with Crippen LogP contribution >= 0.6 is 11.6 Å². The van der Waals surface area contributed by atoms with Gasteiger partial charge in [0.25, 0.3) is 0 Å². The topological polar surface area (TPSA) is 30.5 Å². The molecular formula is C17H20ClNO2. The van der Waals surface area contributed by atoms with Gasteiger partial charge < -0.3 is 14.8 Å². The van der Waals surface area contributed by atoms with Crippen molar-refractivity contribution in [2.45, 2.75) is 20.0 Å². The number of benzene rings is 2. The fraction of sp³-hybridized carbons (Fsp3) is 0.294. The normalized spacial score (nSPS) is 10.4. The van der Waals surface area contributed by atoms with E-state index in [2.05, 4.69) is 5.32 Å². The van der Waals surface area contributed by atoms with Crippen LogP contribution in [0, 0.1) is 0 Å². The minimum atomic E-state index is 0.646. The predicted octanol–water partition coefficient (Wildman–Crippen LogP) is 4.04. The number of rotatable bonds is 7. The molecule has 0 aromatic heterocycles. The van der Waals surface area contributed by atoms with Gasteiger partial charge in [0.15, 0.2) is 0 Å². The van der Waals surface area contributed by atoms with Crippen molar-refractivity contribution in [3.8, 4) is 11.5 Å². The molecule has 2 aromatic carbocycles. The summed E-state index contributed by atoms with van der Waals surface area (Å²) in [6, 6.07) is 13.7. The molecule has 0 bridgehead atoms. The molecule has 2 aromatic rings. The third-order valence-corrected chi connectivity index (χ3v) is 3.36. The van der Waals surface area contributed by atoms with Crippen molar-refractivity contribution in [2.75, 3.05) is 13.7 Å². The Kier molecular flexibility index (Phi) is 5.90. The third-order valence-electron chi connectivity index (χ3n) is 3.13. The zero-order valence-corrected chi connectivity index (χ0v) is 13.1. The summed E-state index contributed by atoms with van der Waals surface area (Å²) in [6.07, 6.45) is 0. The summed E-state index contributed by atoms with van der Waals surface area (Å²) in [5, 5.41) is 4.12. The molecule has 1 N–H and O–H groups in total. The van der Waals surface area contributed by atoms with Crippen molar-refractivity contribution in [1.29, 1.82) is 0 Å². The molecule has 0 atom stereocenters. The smallest absolute Gasteiger partial charge is 0.123 e. The molecule has 3 nitrogen and oxygen atoms in total. The third kappa shape index (κ3) is 4.66. The number of methoxy groups -OCH3 is 1. The van der Waals surface area contributed by atoms with E-state index in [0.29, 0.717) is 13.2 Å². The Bertz CT molecular complexity index is 570. The van der Waals surface area contributed by atoms with E-state index in [1.54, 1.807) is 7.11 Å². The first-order valence-corrected chi connectivity index (χ1v) is 7.35. The van der Waals surface area contributed by atoms with Gasteiger partial charge in [0.1, 0.15) is 11.5 Å². The van der Waals surface area contributed by atoms with Gasteiger partial charge in [-0.3, -0.25) is 0 Å². The highest BCUT2D eigenvalue weighted by atomic mass is 35.5. The van der Waals surface area contributed by atoms with Crippen LogP contribution in [0.2, 0.25) is 5.02 Å². The molecule has 0 aliphatic rings. The fourth-order valence-electron chi connectivity index (χ4n) is 2.07. The van der Waals surface area contributed by atoms with Gasteiger partial charge in [0, 0.05) is 23.7 Å². The number of ether oxygens (including phenoxy) is 2. The average molecular weight is 306 g/mol. The highest BCUT2D eigenvalue weighted by Gasteiger charge is 2.04. The molecule has 112 valence electrons. The lowest BCUT2D eigenvalue weighted by Gasteiger charge is -2.12. The molecule has 0 saturated carbocycles. The molecule has 2 rings (SSSR count). The average Bonchev–Trinajstić information content (AvgIpc) is 2.51. The van der Waals surface area contributed by atoms with Crippen LogP contribution in [-0.4, -0.2) is 13.7 Å². The summed E-state index contributed by atoms with van der Waals surface area (Å²) in [5.74, 6) is 1.75. The van der Waals surface area contributed by atoms with Gasteiger partial charge in [-0.25, -0.2) is 0 Å². The van der Waals surface area contributed by atoms with Gasteiger partial charge in [0.05, 0.1) is 13.7 Å². The lowest BCUT2D eigenvalue weighted by molar-refractivity contribution is 0.335. The number of halogens is 1. The van der Waals surface area contributed by atoms with Crippen molar-refractivity contribution < 1.29 is 9.47 Å². The molecule has 21 heavy (non-hydrogen) atoms. The van der Waals surface area contributed by atoms with E-state index in [4.69, 9.17) is 21.1 Å². The Morgan fingerprint density at radius 1 is 1.05 bits per heavy atom. The Hall–Kier alpha value is -1.71. The van der Waals surface area contributed by atoms with Gasteiger partial charge in [-0.15, -0.1) is 0 Å². The van der Waals surface area contributed by atoms with E-state index >= 15 is 0 Å². The van der Waals surface area contributed by atoms with Crippen LogP contribution in [0.4, 0.5) is 0 Å². The Labute approximate surface area is 130 Å².